The van der Waals surface area contributed by atoms with Crippen LogP contribution in [0.1, 0.15) is 0 Å². The molecule has 0 spiro atoms. The van der Waals surface area contributed by atoms with Gasteiger partial charge >= 0.3 is 0 Å². The van der Waals surface area contributed by atoms with Crippen LogP contribution in [0.5, 0.6) is 0 Å². The molecule has 21 heavy (non-hydrogen) atoms. The minimum Gasteiger partial charge on any atom is -0.337 e. The summed E-state index contributed by atoms with van der Waals surface area (Å²) in [6, 6.07) is 7.39. The van der Waals surface area contributed by atoms with Crippen molar-refractivity contribution in [3.05, 3.63) is 42.3 Å². The molecule has 0 bridgehead atoms. The number of aromatic nitrogens is 3. The van der Waals surface area contributed by atoms with E-state index in [0.717, 1.165) is 17.8 Å². The average molecular weight is 306 g/mol. The first-order valence-electron chi connectivity index (χ1n) is 6.01. The van der Waals surface area contributed by atoms with Crippen LogP contribution < -0.4 is 5.32 Å². The second-order valence-corrected chi connectivity index (χ2v) is 6.50. The maximum Gasteiger partial charge on any atom is 0.178 e. The summed E-state index contributed by atoms with van der Waals surface area (Å²) >= 11 is 0. The van der Waals surface area contributed by atoms with Crippen LogP contribution in [-0.4, -0.2) is 29.9 Å². The molecule has 6 nitrogen and oxygen atoms in total. The molecular formula is C13H11FN4O2S. The van der Waals surface area contributed by atoms with E-state index in [1.165, 1.54) is 12.1 Å². The highest BCUT2D eigenvalue weighted by atomic mass is 32.2. The predicted molar refractivity (Wildman–Crippen MR) is 76.7 cm³/mol. The van der Waals surface area contributed by atoms with Gasteiger partial charge in [0.15, 0.2) is 15.7 Å². The first-order chi connectivity index (χ1) is 9.95. The Balaban J connectivity index is 1.97. The summed E-state index contributed by atoms with van der Waals surface area (Å²) in [6.07, 6.45) is 2.58. The number of pyridine rings is 1. The van der Waals surface area contributed by atoms with E-state index < -0.39 is 15.7 Å². The van der Waals surface area contributed by atoms with Crippen molar-refractivity contribution in [2.24, 2.45) is 0 Å². The monoisotopic (exact) mass is 306 g/mol. The Morgan fingerprint density at radius 2 is 2.10 bits per heavy atom. The van der Waals surface area contributed by atoms with Gasteiger partial charge in [-0.25, -0.2) is 12.8 Å². The van der Waals surface area contributed by atoms with Gasteiger partial charge in [0, 0.05) is 18.1 Å². The van der Waals surface area contributed by atoms with Crippen molar-refractivity contribution in [2.75, 3.05) is 11.6 Å². The molecule has 108 valence electrons. The lowest BCUT2D eigenvalue weighted by atomic mass is 10.3. The molecule has 0 fully saturated rings. The Morgan fingerprint density at radius 3 is 2.81 bits per heavy atom. The quantitative estimate of drug-likeness (QED) is 0.775. The first kappa shape index (κ1) is 13.5. The fourth-order valence-corrected chi connectivity index (χ4v) is 2.68. The first-order valence-corrected chi connectivity index (χ1v) is 7.90. The van der Waals surface area contributed by atoms with Crippen molar-refractivity contribution in [3.8, 4) is 0 Å². The molecule has 0 atom stereocenters. The highest BCUT2D eigenvalue weighted by Gasteiger charge is 2.14. The Hall–Kier alpha value is -2.48. The zero-order valence-electron chi connectivity index (χ0n) is 11.0. The average Bonchev–Trinajstić information content (AvgIpc) is 2.81. The maximum atomic E-state index is 13.8. The van der Waals surface area contributed by atoms with Crippen molar-refractivity contribution in [1.29, 1.82) is 0 Å². The number of fused-ring (bicyclic) bond motifs is 1. The van der Waals surface area contributed by atoms with E-state index in [9.17, 15) is 12.8 Å². The van der Waals surface area contributed by atoms with Crippen molar-refractivity contribution in [2.45, 2.75) is 4.90 Å². The molecule has 3 rings (SSSR count). The van der Waals surface area contributed by atoms with Crippen LogP contribution in [0.2, 0.25) is 0 Å². The van der Waals surface area contributed by atoms with Crippen LogP contribution in [0.25, 0.3) is 11.0 Å². The number of nitrogens with zero attached hydrogens (tertiary/aromatic N) is 2. The number of nitrogens with one attached hydrogen (secondary N) is 2. The van der Waals surface area contributed by atoms with Gasteiger partial charge < -0.3 is 5.32 Å². The van der Waals surface area contributed by atoms with E-state index in [2.05, 4.69) is 20.5 Å². The number of rotatable bonds is 3. The second-order valence-electron chi connectivity index (χ2n) is 4.51. The van der Waals surface area contributed by atoms with Gasteiger partial charge in [0.1, 0.15) is 16.2 Å². The number of H-pyrrole nitrogens is 1. The van der Waals surface area contributed by atoms with Crippen LogP contribution in [0, 0.1) is 5.82 Å². The van der Waals surface area contributed by atoms with Crippen molar-refractivity contribution in [3.63, 3.8) is 0 Å². The Morgan fingerprint density at radius 1 is 1.29 bits per heavy atom. The summed E-state index contributed by atoms with van der Waals surface area (Å²) in [7, 11) is -3.58. The predicted octanol–water partition coefficient (Wildman–Crippen LogP) is 2.24. The lowest BCUT2D eigenvalue weighted by Crippen LogP contribution is -2.01. The van der Waals surface area contributed by atoms with Gasteiger partial charge in [-0.15, -0.1) is 0 Å². The molecule has 0 amide bonds. The summed E-state index contributed by atoms with van der Waals surface area (Å²) in [5.41, 5.74) is 1.75. The molecule has 0 aliphatic heterocycles. The number of benzene rings is 1. The molecule has 0 radical (unpaired) electrons. The fourth-order valence-electron chi connectivity index (χ4n) is 1.96. The van der Waals surface area contributed by atoms with Crippen LogP contribution >= 0.6 is 0 Å². The largest absolute Gasteiger partial charge is 0.337 e. The maximum absolute atomic E-state index is 13.8. The molecular weight excluding hydrogens is 295 g/mol. The van der Waals surface area contributed by atoms with Gasteiger partial charge in [-0.1, -0.05) is 0 Å². The molecule has 0 saturated heterocycles. The zero-order valence-corrected chi connectivity index (χ0v) is 11.8. The molecule has 0 unspecified atom stereocenters. The summed E-state index contributed by atoms with van der Waals surface area (Å²) < 4.78 is 36.6. The number of hydrogen-bond acceptors (Lipinski definition) is 5. The molecule has 0 saturated carbocycles. The Kier molecular flexibility index (Phi) is 3.09. The molecule has 2 aromatic heterocycles. The van der Waals surface area contributed by atoms with Crippen molar-refractivity contribution in [1.82, 2.24) is 15.2 Å². The number of anilines is 2. The smallest absolute Gasteiger partial charge is 0.178 e. The molecule has 0 aliphatic carbocycles. The molecule has 3 aromatic rings. The lowest BCUT2D eigenvalue weighted by molar-refractivity contribution is 0.571. The van der Waals surface area contributed by atoms with E-state index in [0.29, 0.717) is 17.0 Å². The number of aromatic amines is 1. The normalized spacial score (nSPS) is 11.7. The van der Waals surface area contributed by atoms with E-state index in [1.54, 1.807) is 12.3 Å². The van der Waals surface area contributed by atoms with Crippen LogP contribution in [0.15, 0.2) is 41.4 Å². The van der Waals surface area contributed by atoms with E-state index in [-0.39, 0.29) is 4.90 Å². The topological polar surface area (TPSA) is 87.7 Å². The molecule has 8 heteroatoms. The standard InChI is InChI=1S/C13H11FN4O2S/c1-21(19,20)11-5-4-8(7-9(11)14)16-13-12-10(17-18-13)3-2-6-15-12/h2-7H,1H3,(H2,16,17,18). The van der Waals surface area contributed by atoms with Gasteiger partial charge in [-0.05, 0) is 30.3 Å². The van der Waals surface area contributed by atoms with Gasteiger partial charge in [-0.2, -0.15) is 5.10 Å². The SMILES string of the molecule is CS(=O)(=O)c1ccc(Nc2n[nH]c3cccnc23)cc1F. The fraction of sp³-hybridized carbons (Fsp3) is 0.0769. The third-order valence-electron chi connectivity index (χ3n) is 2.91. The molecule has 1 aromatic carbocycles. The highest BCUT2D eigenvalue weighted by molar-refractivity contribution is 7.90. The lowest BCUT2D eigenvalue weighted by Gasteiger charge is -2.06. The van der Waals surface area contributed by atoms with Gasteiger partial charge in [-0.3, -0.25) is 10.1 Å². The Labute approximate surface area is 119 Å². The summed E-state index contributed by atoms with van der Waals surface area (Å²) in [5, 5.41) is 9.75. The van der Waals surface area contributed by atoms with Crippen molar-refractivity contribution < 1.29 is 12.8 Å². The minimum absolute atomic E-state index is 0.335. The number of hydrogen-bond donors (Lipinski definition) is 2. The van der Waals surface area contributed by atoms with Gasteiger partial charge in [0.05, 0.1) is 5.52 Å². The summed E-state index contributed by atoms with van der Waals surface area (Å²) in [6.45, 7) is 0. The van der Waals surface area contributed by atoms with E-state index in [4.69, 9.17) is 0 Å². The summed E-state index contributed by atoms with van der Waals surface area (Å²) in [4.78, 5) is 3.84. The van der Waals surface area contributed by atoms with Gasteiger partial charge in [0.25, 0.3) is 0 Å². The van der Waals surface area contributed by atoms with Crippen LogP contribution in [-0.2, 0) is 9.84 Å². The third-order valence-corrected chi connectivity index (χ3v) is 4.04. The van der Waals surface area contributed by atoms with Crippen molar-refractivity contribution >= 4 is 32.4 Å². The van der Waals surface area contributed by atoms with Gasteiger partial charge in [0.2, 0.25) is 0 Å². The van der Waals surface area contributed by atoms with Crippen LogP contribution in [0.3, 0.4) is 0 Å². The molecule has 0 aliphatic rings. The number of sulfone groups is 1. The van der Waals surface area contributed by atoms with Crippen LogP contribution in [0.4, 0.5) is 15.9 Å². The van der Waals surface area contributed by atoms with E-state index >= 15 is 0 Å². The Bertz CT molecular complexity index is 921. The number of halogens is 1. The zero-order chi connectivity index (χ0) is 15.0. The molecule has 2 heterocycles. The van der Waals surface area contributed by atoms with E-state index in [1.807, 2.05) is 6.07 Å². The third kappa shape index (κ3) is 2.57. The highest BCUT2D eigenvalue weighted by Crippen LogP contribution is 2.24. The molecule has 2 N–H and O–H groups in total. The minimum atomic E-state index is -3.58. The second kappa shape index (κ2) is 4.81. The summed E-state index contributed by atoms with van der Waals surface area (Å²) in [5.74, 6) is -0.368.